The maximum absolute atomic E-state index is 14.4. The quantitative estimate of drug-likeness (QED) is 0.331. The molecule has 0 aromatic heterocycles. The Hall–Kier alpha value is -1.70. The lowest BCUT2D eigenvalue weighted by Gasteiger charge is -2.71. The molecule has 5 aliphatic rings. The van der Waals surface area contributed by atoms with Gasteiger partial charge in [-0.25, -0.2) is 5.14 Å². The largest absolute Gasteiger partial charge is 0.352 e. The van der Waals surface area contributed by atoms with Crippen molar-refractivity contribution in [2.45, 2.75) is 119 Å². The van der Waals surface area contributed by atoms with Gasteiger partial charge in [-0.1, -0.05) is 90.4 Å². The first-order valence-electron chi connectivity index (χ1n) is 17.2. The molecule has 44 heavy (non-hydrogen) atoms. The predicted octanol–water partition coefficient (Wildman–Crippen LogP) is 7.55. The smallest absolute Gasteiger partial charge is 0.333 e. The fourth-order valence-corrected chi connectivity index (χ4v) is 12.8. The Kier molecular flexibility index (Phi) is 7.82. The molecule has 7 heteroatoms. The van der Waals surface area contributed by atoms with Crippen LogP contribution >= 0.6 is 0 Å². The van der Waals surface area contributed by atoms with Crippen LogP contribution in [0.15, 0.2) is 42.0 Å². The average molecular weight is 625 g/mol. The molecule has 1 aromatic rings. The first-order chi connectivity index (χ1) is 20.5. The zero-order valence-corrected chi connectivity index (χ0v) is 28.9. The minimum absolute atomic E-state index is 0.0290. The normalized spacial score (nSPS) is 44.7. The zero-order chi connectivity index (χ0) is 31.9. The molecular formula is C37H56N2O4S. The Labute approximate surface area is 266 Å². The minimum atomic E-state index is -4.01. The molecule has 4 saturated carbocycles. The monoisotopic (exact) mass is 624 g/mol. The molecule has 6 rings (SSSR count). The Morgan fingerprint density at radius 3 is 2.32 bits per heavy atom. The fourth-order valence-electron chi connectivity index (χ4n) is 12.1. The van der Waals surface area contributed by atoms with Crippen LogP contribution in [0, 0.1) is 56.7 Å². The van der Waals surface area contributed by atoms with Gasteiger partial charge in [-0.05, 0) is 115 Å². The number of allylic oxidation sites excluding steroid dienone is 2. The summed E-state index contributed by atoms with van der Waals surface area (Å²) in [5.41, 5.74) is 2.30. The molecule has 244 valence electrons. The molecule has 3 N–H and O–H groups in total. The second-order valence-corrected chi connectivity index (χ2v) is 18.1. The van der Waals surface area contributed by atoms with Crippen molar-refractivity contribution in [3.05, 3.63) is 47.5 Å². The molecule has 4 fully saturated rings. The molecular weight excluding hydrogens is 568 g/mol. The lowest BCUT2D eigenvalue weighted by atomic mass is 9.33. The molecule has 10 atom stereocenters. The molecule has 0 bridgehead atoms. The SMILES string of the molecule is C[C@H]1[C@H](C)CC[C@]2(C(=O)NCc3ccccc3)CC[C@]3(C)C(=CC[C@@H]4[C@@]5(C)CC[C@H](OS(N)(=O)=O)C(C)(C)[C@@H]5CC[C@]43C)[C@H]12. The number of hydrogen-bond donors (Lipinski definition) is 2. The number of nitrogens with two attached hydrogens (primary N) is 1. The zero-order valence-electron chi connectivity index (χ0n) is 28.1. The van der Waals surface area contributed by atoms with E-state index in [-0.39, 0.29) is 45.0 Å². The van der Waals surface area contributed by atoms with Crippen LogP contribution in [0.1, 0.15) is 112 Å². The van der Waals surface area contributed by atoms with Crippen molar-refractivity contribution in [1.29, 1.82) is 0 Å². The highest BCUT2D eigenvalue weighted by Gasteiger charge is 2.69. The molecule has 6 nitrogen and oxygen atoms in total. The maximum Gasteiger partial charge on any atom is 0.333 e. The van der Waals surface area contributed by atoms with Crippen molar-refractivity contribution in [2.75, 3.05) is 0 Å². The summed E-state index contributed by atoms with van der Waals surface area (Å²) in [4.78, 5) is 14.4. The van der Waals surface area contributed by atoms with Crippen LogP contribution < -0.4 is 10.5 Å². The van der Waals surface area contributed by atoms with Crippen molar-refractivity contribution in [1.82, 2.24) is 5.32 Å². The van der Waals surface area contributed by atoms with E-state index in [2.05, 4.69) is 72.0 Å². The highest BCUT2D eigenvalue weighted by Crippen LogP contribution is 2.75. The van der Waals surface area contributed by atoms with Crippen molar-refractivity contribution >= 4 is 16.2 Å². The molecule has 0 unspecified atom stereocenters. The van der Waals surface area contributed by atoms with Gasteiger partial charge in [0.15, 0.2) is 0 Å². The van der Waals surface area contributed by atoms with E-state index in [1.54, 1.807) is 5.57 Å². The van der Waals surface area contributed by atoms with Crippen LogP contribution in [-0.4, -0.2) is 20.4 Å². The fraction of sp³-hybridized carbons (Fsp3) is 0.757. The van der Waals surface area contributed by atoms with Crippen molar-refractivity contribution in [3.63, 3.8) is 0 Å². The summed E-state index contributed by atoms with van der Waals surface area (Å²) in [6.45, 7) is 17.4. The third-order valence-electron chi connectivity index (χ3n) is 14.9. The highest BCUT2D eigenvalue weighted by atomic mass is 32.2. The first kappa shape index (κ1) is 32.2. The Balaban J connectivity index is 1.35. The number of carbonyl (C=O) groups excluding carboxylic acids is 1. The van der Waals surface area contributed by atoms with Crippen molar-refractivity contribution in [3.8, 4) is 0 Å². The van der Waals surface area contributed by atoms with Gasteiger partial charge in [0.2, 0.25) is 5.91 Å². The summed E-state index contributed by atoms with van der Waals surface area (Å²) in [5.74, 6) is 2.41. The van der Waals surface area contributed by atoms with Gasteiger partial charge < -0.3 is 5.32 Å². The molecule has 0 aliphatic heterocycles. The molecule has 1 aromatic carbocycles. The number of fused-ring (bicyclic) bond motifs is 7. The van der Waals surface area contributed by atoms with Gasteiger partial charge in [-0.3, -0.25) is 8.98 Å². The van der Waals surface area contributed by atoms with Crippen LogP contribution in [0.3, 0.4) is 0 Å². The second kappa shape index (κ2) is 10.7. The summed E-state index contributed by atoms with van der Waals surface area (Å²) in [6.07, 6.45) is 11.1. The number of hydrogen-bond acceptors (Lipinski definition) is 4. The van der Waals surface area contributed by atoms with E-state index < -0.39 is 10.3 Å². The van der Waals surface area contributed by atoms with Gasteiger partial charge in [0.05, 0.1) is 11.5 Å². The summed E-state index contributed by atoms with van der Waals surface area (Å²) in [6, 6.07) is 10.3. The third kappa shape index (κ3) is 4.68. The molecule has 1 amide bonds. The number of rotatable bonds is 5. The Bertz CT molecular complexity index is 1420. The van der Waals surface area contributed by atoms with Crippen LogP contribution in [-0.2, 0) is 25.8 Å². The molecule has 0 heterocycles. The Morgan fingerprint density at radius 1 is 0.932 bits per heavy atom. The average Bonchev–Trinajstić information content (AvgIpc) is 2.95. The predicted molar refractivity (Wildman–Crippen MR) is 175 cm³/mol. The van der Waals surface area contributed by atoms with Crippen molar-refractivity contribution in [2.24, 2.45) is 61.8 Å². The second-order valence-electron chi connectivity index (χ2n) is 16.9. The number of nitrogens with one attached hydrogen (secondary N) is 1. The van der Waals surface area contributed by atoms with E-state index in [9.17, 15) is 13.2 Å². The number of carbonyl (C=O) groups is 1. The van der Waals surface area contributed by atoms with Gasteiger partial charge in [-0.2, -0.15) is 8.42 Å². The van der Waals surface area contributed by atoms with E-state index in [4.69, 9.17) is 9.32 Å². The van der Waals surface area contributed by atoms with E-state index in [1.165, 1.54) is 0 Å². The summed E-state index contributed by atoms with van der Waals surface area (Å²) >= 11 is 0. The van der Waals surface area contributed by atoms with Gasteiger partial charge in [0.1, 0.15) is 0 Å². The first-order valence-corrected chi connectivity index (χ1v) is 18.7. The van der Waals surface area contributed by atoms with E-state index in [1.807, 2.05) is 18.2 Å². The van der Waals surface area contributed by atoms with E-state index in [0.29, 0.717) is 36.6 Å². The lowest BCUT2D eigenvalue weighted by Crippen LogP contribution is -2.66. The van der Waals surface area contributed by atoms with Gasteiger partial charge in [-0.15, -0.1) is 0 Å². The van der Waals surface area contributed by atoms with Crippen LogP contribution in [0.4, 0.5) is 0 Å². The molecule has 0 saturated heterocycles. The molecule has 5 aliphatic carbocycles. The van der Waals surface area contributed by atoms with Gasteiger partial charge >= 0.3 is 10.3 Å². The topological polar surface area (TPSA) is 98.5 Å². The lowest BCUT2D eigenvalue weighted by molar-refractivity contribution is -0.200. The van der Waals surface area contributed by atoms with Crippen LogP contribution in [0.25, 0.3) is 0 Å². The molecule has 0 radical (unpaired) electrons. The number of amides is 1. The Morgan fingerprint density at radius 2 is 1.64 bits per heavy atom. The van der Waals surface area contributed by atoms with Crippen molar-refractivity contribution < 1.29 is 17.4 Å². The van der Waals surface area contributed by atoms with Gasteiger partial charge in [0, 0.05) is 6.54 Å². The summed E-state index contributed by atoms with van der Waals surface area (Å²) < 4.78 is 29.5. The minimum Gasteiger partial charge on any atom is -0.352 e. The van der Waals surface area contributed by atoms with E-state index >= 15 is 0 Å². The summed E-state index contributed by atoms with van der Waals surface area (Å²) in [5, 5.41) is 8.79. The number of benzene rings is 1. The highest BCUT2D eigenvalue weighted by molar-refractivity contribution is 7.84. The summed E-state index contributed by atoms with van der Waals surface area (Å²) in [7, 11) is -4.01. The van der Waals surface area contributed by atoms with E-state index in [0.717, 1.165) is 56.9 Å². The third-order valence-corrected chi connectivity index (χ3v) is 15.4. The van der Waals surface area contributed by atoms with Crippen LogP contribution in [0.5, 0.6) is 0 Å². The van der Waals surface area contributed by atoms with Crippen LogP contribution in [0.2, 0.25) is 0 Å². The van der Waals surface area contributed by atoms with Gasteiger partial charge in [0.25, 0.3) is 0 Å². The standard InChI is InChI=1S/C37H56N2O4S/c1-24-15-20-37(32(40)39-23-26-11-9-8-10-12-26)22-21-35(6)27(31(37)25(24)2)13-14-29-34(5)18-17-30(43-44(38,41)42)33(3,4)28(34)16-19-36(29,35)7/h8-13,24-25,28-31H,14-23H2,1-7H3,(H,39,40)(H2,38,41,42)/t24-,25+,28+,29-,30+,31+,34+,35-,36-,37+/m1/s1. The maximum atomic E-state index is 14.4. The molecule has 0 spiro atoms.